The molecule has 0 spiro atoms. The molecule has 8 nitrogen and oxygen atoms in total. The molecule has 2 atom stereocenters. The van der Waals surface area contributed by atoms with E-state index >= 15 is 0 Å². The summed E-state index contributed by atoms with van der Waals surface area (Å²) in [7, 11) is 5.75. The Bertz CT molecular complexity index is 684. The van der Waals surface area contributed by atoms with E-state index in [1.54, 1.807) is 7.11 Å². The van der Waals surface area contributed by atoms with Gasteiger partial charge in [-0.1, -0.05) is 19.1 Å². The Kier molecular flexibility index (Phi) is 10.1. The minimum absolute atomic E-state index is 0.256. The zero-order chi connectivity index (χ0) is 22.8. The van der Waals surface area contributed by atoms with Crippen molar-refractivity contribution in [2.45, 2.75) is 13.0 Å². The molecule has 0 amide bonds. The second-order valence-corrected chi connectivity index (χ2v) is 8.98. The third-order valence-electron chi connectivity index (χ3n) is 6.46. The normalized spacial score (nSPS) is 21.2. The van der Waals surface area contributed by atoms with Crippen molar-refractivity contribution in [2.75, 3.05) is 93.3 Å². The Morgan fingerprint density at radius 1 is 1.03 bits per heavy atom. The summed E-state index contributed by atoms with van der Waals surface area (Å²) in [6.45, 7) is 13.2. The minimum atomic E-state index is 0.256. The summed E-state index contributed by atoms with van der Waals surface area (Å²) in [6.07, 6.45) is 0. The van der Waals surface area contributed by atoms with Crippen LogP contribution in [0.25, 0.3) is 0 Å². The number of likely N-dealkylation sites (N-methyl/N-ethyl adjacent to an activating group) is 1. The molecule has 0 saturated carbocycles. The molecule has 32 heavy (non-hydrogen) atoms. The van der Waals surface area contributed by atoms with Gasteiger partial charge in [-0.25, -0.2) is 0 Å². The van der Waals surface area contributed by atoms with Crippen LogP contribution in [0.3, 0.4) is 0 Å². The van der Waals surface area contributed by atoms with Crippen LogP contribution in [0.4, 0.5) is 0 Å². The average molecular weight is 447 g/mol. The molecule has 1 aromatic rings. The topological polar surface area (TPSA) is 64.6 Å². The second kappa shape index (κ2) is 13.0. The number of rotatable bonds is 9. The molecule has 180 valence electrons. The van der Waals surface area contributed by atoms with E-state index in [1.807, 2.05) is 19.2 Å². The third-order valence-corrected chi connectivity index (χ3v) is 6.46. The van der Waals surface area contributed by atoms with E-state index in [-0.39, 0.29) is 6.04 Å². The smallest absolute Gasteiger partial charge is 0.191 e. The van der Waals surface area contributed by atoms with Gasteiger partial charge in [-0.05, 0) is 30.7 Å². The van der Waals surface area contributed by atoms with Crippen molar-refractivity contribution in [3.05, 3.63) is 29.8 Å². The maximum Gasteiger partial charge on any atom is 0.191 e. The number of nitrogens with one attached hydrogen (secondary N) is 2. The van der Waals surface area contributed by atoms with Gasteiger partial charge in [0.1, 0.15) is 5.75 Å². The van der Waals surface area contributed by atoms with Crippen LogP contribution in [-0.2, 0) is 4.74 Å². The van der Waals surface area contributed by atoms with E-state index in [1.165, 1.54) is 5.56 Å². The Balaban J connectivity index is 1.51. The van der Waals surface area contributed by atoms with Crippen molar-refractivity contribution < 1.29 is 9.47 Å². The first-order chi connectivity index (χ1) is 15.6. The van der Waals surface area contributed by atoms with E-state index in [4.69, 9.17) is 9.47 Å². The first-order valence-corrected chi connectivity index (χ1v) is 11.9. The summed E-state index contributed by atoms with van der Waals surface area (Å²) in [5.41, 5.74) is 1.28. The molecule has 0 aromatic heterocycles. The predicted molar refractivity (Wildman–Crippen MR) is 131 cm³/mol. The highest BCUT2D eigenvalue weighted by Crippen LogP contribution is 2.23. The molecule has 2 fully saturated rings. The molecule has 8 heteroatoms. The minimum Gasteiger partial charge on any atom is -0.497 e. The predicted octanol–water partition coefficient (Wildman–Crippen LogP) is 1.12. The molecular formula is C24H42N6O2. The number of guanidine groups is 1. The molecule has 2 unspecified atom stereocenters. The lowest BCUT2D eigenvalue weighted by atomic mass is 10.0. The van der Waals surface area contributed by atoms with Gasteiger partial charge in [-0.15, -0.1) is 0 Å². The van der Waals surface area contributed by atoms with Gasteiger partial charge >= 0.3 is 0 Å². The molecule has 3 rings (SSSR count). The Labute approximate surface area is 193 Å². The second-order valence-electron chi connectivity index (χ2n) is 8.98. The Hall–Kier alpha value is -1.87. The third kappa shape index (κ3) is 7.62. The highest BCUT2D eigenvalue weighted by molar-refractivity contribution is 5.79. The molecule has 0 radical (unpaired) electrons. The Morgan fingerprint density at radius 2 is 1.69 bits per heavy atom. The number of aliphatic imine (C=N–C) groups is 1. The van der Waals surface area contributed by atoms with Gasteiger partial charge in [-0.3, -0.25) is 9.89 Å². The van der Waals surface area contributed by atoms with Crippen LogP contribution in [-0.4, -0.2) is 114 Å². The van der Waals surface area contributed by atoms with E-state index in [0.717, 1.165) is 83.8 Å². The molecule has 2 heterocycles. The quantitative estimate of drug-likeness (QED) is 0.435. The number of piperazine rings is 1. The van der Waals surface area contributed by atoms with Gasteiger partial charge in [0.05, 0.1) is 26.4 Å². The largest absolute Gasteiger partial charge is 0.497 e. The van der Waals surface area contributed by atoms with Crippen molar-refractivity contribution in [3.63, 3.8) is 0 Å². The van der Waals surface area contributed by atoms with Crippen molar-refractivity contribution >= 4 is 5.96 Å². The molecule has 2 N–H and O–H groups in total. The summed E-state index contributed by atoms with van der Waals surface area (Å²) < 4.78 is 10.9. The van der Waals surface area contributed by atoms with Gasteiger partial charge < -0.3 is 29.9 Å². The van der Waals surface area contributed by atoms with E-state index < -0.39 is 0 Å². The summed E-state index contributed by atoms with van der Waals surface area (Å²) >= 11 is 0. The zero-order valence-electron chi connectivity index (χ0n) is 20.3. The van der Waals surface area contributed by atoms with E-state index in [0.29, 0.717) is 5.92 Å². The van der Waals surface area contributed by atoms with Crippen LogP contribution >= 0.6 is 0 Å². The van der Waals surface area contributed by atoms with Crippen molar-refractivity contribution in [2.24, 2.45) is 10.9 Å². The van der Waals surface area contributed by atoms with Crippen LogP contribution in [0, 0.1) is 5.92 Å². The highest BCUT2D eigenvalue weighted by Gasteiger charge is 2.23. The summed E-state index contributed by atoms with van der Waals surface area (Å²) in [4.78, 5) is 11.9. The Morgan fingerprint density at radius 3 is 2.31 bits per heavy atom. The summed E-state index contributed by atoms with van der Waals surface area (Å²) in [5, 5.41) is 7.10. The zero-order valence-corrected chi connectivity index (χ0v) is 20.3. The lowest BCUT2D eigenvalue weighted by Gasteiger charge is -2.35. The summed E-state index contributed by atoms with van der Waals surface area (Å²) in [6, 6.07) is 8.65. The van der Waals surface area contributed by atoms with Gasteiger partial charge in [-0.2, -0.15) is 0 Å². The number of methoxy groups -OCH3 is 1. The first kappa shape index (κ1) is 24.8. The van der Waals surface area contributed by atoms with Crippen LogP contribution < -0.4 is 15.4 Å². The molecule has 2 aliphatic rings. The number of nitrogens with zero attached hydrogens (tertiary/aromatic N) is 4. The van der Waals surface area contributed by atoms with Crippen molar-refractivity contribution in [1.82, 2.24) is 25.3 Å². The first-order valence-electron chi connectivity index (χ1n) is 11.9. The molecular weight excluding hydrogens is 404 g/mol. The van der Waals surface area contributed by atoms with Crippen LogP contribution in [0.5, 0.6) is 5.75 Å². The molecule has 0 bridgehead atoms. The number of hydrogen-bond acceptors (Lipinski definition) is 6. The fourth-order valence-corrected chi connectivity index (χ4v) is 4.39. The standard InChI is InChI=1S/C24H42N6O2/c1-20(19-29-11-9-28(3)10-12-29)17-26-24(25-2)27-18-23(30-13-15-32-16-14-30)21-5-7-22(31-4)8-6-21/h5-8,20,23H,9-19H2,1-4H3,(H2,25,26,27). The molecule has 0 aliphatic carbocycles. The lowest BCUT2D eigenvalue weighted by molar-refractivity contribution is 0.0170. The van der Waals surface area contributed by atoms with E-state index in [2.05, 4.69) is 56.4 Å². The van der Waals surface area contributed by atoms with Crippen molar-refractivity contribution in [1.29, 1.82) is 0 Å². The number of ether oxygens (including phenoxy) is 2. The fraction of sp³-hybridized carbons (Fsp3) is 0.708. The van der Waals surface area contributed by atoms with Crippen LogP contribution in [0.2, 0.25) is 0 Å². The van der Waals surface area contributed by atoms with Gasteiger partial charge in [0.2, 0.25) is 0 Å². The SMILES string of the molecule is CN=C(NCC(C)CN1CCN(C)CC1)NCC(c1ccc(OC)cc1)N1CCOCC1. The molecule has 2 aliphatic heterocycles. The summed E-state index contributed by atoms with van der Waals surface area (Å²) in [5.74, 6) is 2.31. The van der Waals surface area contributed by atoms with Gasteiger partial charge in [0, 0.05) is 66.0 Å². The molecule has 2 saturated heterocycles. The fourth-order valence-electron chi connectivity index (χ4n) is 4.39. The van der Waals surface area contributed by atoms with Gasteiger partial charge in [0.15, 0.2) is 5.96 Å². The number of morpholine rings is 1. The van der Waals surface area contributed by atoms with Crippen LogP contribution in [0.15, 0.2) is 29.3 Å². The van der Waals surface area contributed by atoms with Crippen molar-refractivity contribution in [3.8, 4) is 5.75 Å². The molecule has 1 aromatic carbocycles. The monoisotopic (exact) mass is 446 g/mol. The van der Waals surface area contributed by atoms with Crippen LogP contribution in [0.1, 0.15) is 18.5 Å². The maximum atomic E-state index is 5.58. The lowest BCUT2D eigenvalue weighted by Crippen LogP contribution is -2.48. The highest BCUT2D eigenvalue weighted by atomic mass is 16.5. The van der Waals surface area contributed by atoms with E-state index in [9.17, 15) is 0 Å². The average Bonchev–Trinajstić information content (AvgIpc) is 2.83. The maximum absolute atomic E-state index is 5.58. The number of hydrogen-bond donors (Lipinski definition) is 2. The number of benzene rings is 1. The van der Waals surface area contributed by atoms with Gasteiger partial charge in [0.25, 0.3) is 0 Å².